The number of likely N-dealkylation sites (N-methyl/N-ethyl adjacent to an activating group) is 1. The van der Waals surface area contributed by atoms with Crippen molar-refractivity contribution in [3.63, 3.8) is 0 Å². The lowest BCUT2D eigenvalue weighted by molar-refractivity contribution is -0.128. The number of hydrogen-bond acceptors (Lipinski definition) is 4. The van der Waals surface area contributed by atoms with Crippen LogP contribution in [0.2, 0.25) is 0 Å². The molecule has 0 aromatic heterocycles. The van der Waals surface area contributed by atoms with E-state index in [-0.39, 0.29) is 23.3 Å². The van der Waals surface area contributed by atoms with Gasteiger partial charge in [0.05, 0.1) is 0 Å². The van der Waals surface area contributed by atoms with Gasteiger partial charge in [0.25, 0.3) is 11.8 Å². The van der Waals surface area contributed by atoms with Crippen LogP contribution < -0.4 is 5.32 Å². The van der Waals surface area contributed by atoms with E-state index in [1.807, 2.05) is 13.1 Å². The Bertz CT molecular complexity index is 824. The van der Waals surface area contributed by atoms with Crippen LogP contribution in [0, 0.1) is 0 Å². The number of phenolic OH excluding ortho intramolecular Hbond substituents is 1. The Balaban J connectivity index is 1.85. The summed E-state index contributed by atoms with van der Waals surface area (Å²) in [6.07, 6.45) is 1.64. The van der Waals surface area contributed by atoms with Crippen LogP contribution >= 0.6 is 0 Å². The molecule has 6 heteroatoms. The Hall–Kier alpha value is -3.12. The highest BCUT2D eigenvalue weighted by molar-refractivity contribution is 6.05. The number of nitrogens with zero attached hydrogens (tertiary/aromatic N) is 2. The molecule has 0 atom stereocenters. The maximum atomic E-state index is 13.0. The highest BCUT2D eigenvalue weighted by Crippen LogP contribution is 2.14. The molecule has 27 heavy (non-hydrogen) atoms. The summed E-state index contributed by atoms with van der Waals surface area (Å²) in [6, 6.07) is 15.3. The maximum Gasteiger partial charge on any atom is 0.270 e. The van der Waals surface area contributed by atoms with Gasteiger partial charge < -0.3 is 20.2 Å². The van der Waals surface area contributed by atoms with Crippen molar-refractivity contribution in [2.24, 2.45) is 0 Å². The number of phenols is 1. The molecule has 0 bridgehead atoms. The van der Waals surface area contributed by atoms with Gasteiger partial charge in [-0.15, -0.1) is 0 Å². The second kappa shape index (κ2) is 8.51. The fraction of sp³-hybridized carbons (Fsp3) is 0.238. The number of carbonyl (C=O) groups excluding carboxylic acids is 2. The molecule has 0 radical (unpaired) electrons. The Labute approximate surface area is 158 Å². The summed E-state index contributed by atoms with van der Waals surface area (Å²) >= 11 is 0. The van der Waals surface area contributed by atoms with Crippen molar-refractivity contribution in [1.29, 1.82) is 0 Å². The first-order valence-electron chi connectivity index (χ1n) is 8.88. The van der Waals surface area contributed by atoms with Gasteiger partial charge >= 0.3 is 0 Å². The van der Waals surface area contributed by atoms with E-state index in [0.29, 0.717) is 18.7 Å². The number of amides is 2. The number of hydrogen-bond donors (Lipinski definition) is 2. The molecule has 1 aliphatic rings. The summed E-state index contributed by atoms with van der Waals surface area (Å²) in [5.74, 6) is -0.393. The zero-order valence-corrected chi connectivity index (χ0v) is 15.3. The molecule has 3 rings (SSSR count). The van der Waals surface area contributed by atoms with Crippen molar-refractivity contribution in [3.05, 3.63) is 71.4 Å². The van der Waals surface area contributed by atoms with Gasteiger partial charge in [-0.2, -0.15) is 0 Å². The van der Waals surface area contributed by atoms with Crippen LogP contribution in [0.3, 0.4) is 0 Å². The van der Waals surface area contributed by atoms with Crippen LogP contribution in [0.5, 0.6) is 5.75 Å². The van der Waals surface area contributed by atoms with E-state index < -0.39 is 0 Å². The minimum Gasteiger partial charge on any atom is -0.508 e. The highest BCUT2D eigenvalue weighted by atomic mass is 16.3. The Morgan fingerprint density at radius 1 is 0.963 bits per heavy atom. The van der Waals surface area contributed by atoms with Crippen molar-refractivity contribution < 1.29 is 14.7 Å². The van der Waals surface area contributed by atoms with E-state index in [1.54, 1.807) is 59.5 Å². The van der Waals surface area contributed by atoms with Crippen molar-refractivity contribution in [1.82, 2.24) is 15.1 Å². The maximum absolute atomic E-state index is 13.0. The average Bonchev–Trinajstić information content (AvgIpc) is 2.70. The number of rotatable bonds is 4. The molecule has 2 aromatic carbocycles. The fourth-order valence-corrected chi connectivity index (χ4v) is 2.85. The van der Waals surface area contributed by atoms with Crippen LogP contribution in [-0.4, -0.2) is 59.9 Å². The first-order valence-corrected chi connectivity index (χ1v) is 8.88. The molecule has 0 saturated carbocycles. The first kappa shape index (κ1) is 18.7. The van der Waals surface area contributed by atoms with Crippen molar-refractivity contribution in [2.45, 2.75) is 0 Å². The largest absolute Gasteiger partial charge is 0.508 e. The molecular weight excluding hydrogens is 342 g/mol. The molecule has 6 nitrogen and oxygen atoms in total. The van der Waals surface area contributed by atoms with Gasteiger partial charge in [-0.1, -0.05) is 30.3 Å². The minimum atomic E-state index is -0.330. The van der Waals surface area contributed by atoms with Crippen LogP contribution in [0.4, 0.5) is 0 Å². The zero-order chi connectivity index (χ0) is 19.2. The topological polar surface area (TPSA) is 72.9 Å². The molecule has 2 amide bonds. The van der Waals surface area contributed by atoms with Crippen LogP contribution in [0.1, 0.15) is 15.9 Å². The molecule has 1 heterocycles. The Morgan fingerprint density at radius 3 is 2.22 bits per heavy atom. The molecule has 1 aliphatic heterocycles. The van der Waals surface area contributed by atoms with Gasteiger partial charge in [-0.05, 0) is 43.0 Å². The number of benzene rings is 2. The number of piperazine rings is 1. The van der Waals surface area contributed by atoms with Gasteiger partial charge in [0.2, 0.25) is 0 Å². The van der Waals surface area contributed by atoms with Crippen molar-refractivity contribution >= 4 is 17.9 Å². The molecule has 1 saturated heterocycles. The molecule has 2 aromatic rings. The van der Waals surface area contributed by atoms with Gasteiger partial charge in [0, 0.05) is 31.7 Å². The Morgan fingerprint density at radius 2 is 1.59 bits per heavy atom. The lowest BCUT2D eigenvalue weighted by atomic mass is 10.1. The molecule has 0 aliphatic carbocycles. The summed E-state index contributed by atoms with van der Waals surface area (Å²) in [7, 11) is 2.02. The third-order valence-electron chi connectivity index (χ3n) is 4.51. The van der Waals surface area contributed by atoms with Gasteiger partial charge in [-0.25, -0.2) is 0 Å². The standard InChI is InChI=1S/C21H23N3O3/c1-23-11-13-24(14-12-23)21(27)19(15-16-7-9-18(25)10-8-16)22-20(26)17-5-3-2-4-6-17/h2-10,15,25H,11-14H2,1H3,(H,22,26). The normalized spacial score (nSPS) is 15.4. The third-order valence-corrected chi connectivity index (χ3v) is 4.51. The van der Waals surface area contributed by atoms with E-state index in [9.17, 15) is 14.7 Å². The summed E-state index contributed by atoms with van der Waals surface area (Å²) in [5, 5.41) is 12.2. The summed E-state index contributed by atoms with van der Waals surface area (Å²) < 4.78 is 0. The molecular formula is C21H23N3O3. The van der Waals surface area contributed by atoms with E-state index in [2.05, 4.69) is 10.2 Å². The molecule has 0 unspecified atom stereocenters. The second-order valence-electron chi connectivity index (χ2n) is 6.57. The van der Waals surface area contributed by atoms with E-state index >= 15 is 0 Å². The van der Waals surface area contributed by atoms with E-state index in [4.69, 9.17) is 0 Å². The number of carbonyl (C=O) groups is 2. The first-order chi connectivity index (χ1) is 13.0. The number of aromatic hydroxyl groups is 1. The van der Waals surface area contributed by atoms with E-state index in [1.165, 1.54) is 0 Å². The predicted octanol–water partition coefficient (Wildman–Crippen LogP) is 1.94. The van der Waals surface area contributed by atoms with Crippen LogP contribution in [-0.2, 0) is 4.79 Å². The second-order valence-corrected chi connectivity index (χ2v) is 6.57. The SMILES string of the molecule is CN1CCN(C(=O)C(=Cc2ccc(O)cc2)NC(=O)c2ccccc2)CC1. The van der Waals surface area contributed by atoms with E-state index in [0.717, 1.165) is 18.7 Å². The molecule has 0 spiro atoms. The van der Waals surface area contributed by atoms with Crippen molar-refractivity contribution in [2.75, 3.05) is 33.2 Å². The van der Waals surface area contributed by atoms with Crippen molar-refractivity contribution in [3.8, 4) is 5.75 Å². The smallest absolute Gasteiger partial charge is 0.270 e. The lowest BCUT2D eigenvalue weighted by Crippen LogP contribution is -2.49. The molecule has 1 fully saturated rings. The summed E-state index contributed by atoms with van der Waals surface area (Å²) in [4.78, 5) is 29.5. The van der Waals surface area contributed by atoms with Gasteiger partial charge in [0.1, 0.15) is 11.4 Å². The summed E-state index contributed by atoms with van der Waals surface area (Å²) in [6.45, 7) is 2.82. The van der Waals surface area contributed by atoms with Crippen LogP contribution in [0.15, 0.2) is 60.3 Å². The highest BCUT2D eigenvalue weighted by Gasteiger charge is 2.23. The Kier molecular flexibility index (Phi) is 5.88. The predicted molar refractivity (Wildman–Crippen MR) is 104 cm³/mol. The molecule has 140 valence electrons. The monoisotopic (exact) mass is 365 g/mol. The zero-order valence-electron chi connectivity index (χ0n) is 15.3. The lowest BCUT2D eigenvalue weighted by Gasteiger charge is -2.33. The summed E-state index contributed by atoms with van der Waals surface area (Å²) in [5.41, 5.74) is 1.43. The van der Waals surface area contributed by atoms with Crippen LogP contribution in [0.25, 0.3) is 6.08 Å². The minimum absolute atomic E-state index is 0.146. The van der Waals surface area contributed by atoms with Gasteiger partial charge in [-0.3, -0.25) is 9.59 Å². The number of nitrogens with one attached hydrogen (secondary N) is 1. The third kappa shape index (κ3) is 4.95. The van der Waals surface area contributed by atoms with Gasteiger partial charge in [0.15, 0.2) is 0 Å². The quantitative estimate of drug-likeness (QED) is 0.812. The fourth-order valence-electron chi connectivity index (χ4n) is 2.85. The average molecular weight is 365 g/mol. The molecule has 2 N–H and O–H groups in total.